The summed E-state index contributed by atoms with van der Waals surface area (Å²) in [4.78, 5) is 5.08. The van der Waals surface area contributed by atoms with Gasteiger partial charge < -0.3 is 5.11 Å². The summed E-state index contributed by atoms with van der Waals surface area (Å²) >= 11 is 1.54. The molecule has 0 aliphatic rings. The standard InChI is InChI=1S/C13H15NOS/c1-8-4-5-11(9(2)6-8)13(15)12-7-14-10(3)16-12/h4-7,13,15H,1-3H3. The molecule has 0 saturated carbocycles. The van der Waals surface area contributed by atoms with Gasteiger partial charge in [-0.3, -0.25) is 0 Å². The van der Waals surface area contributed by atoms with Crippen molar-refractivity contribution in [3.63, 3.8) is 0 Å². The third-order valence-corrected chi connectivity index (χ3v) is 3.59. The molecule has 1 aromatic heterocycles. The topological polar surface area (TPSA) is 33.1 Å². The Hall–Kier alpha value is -1.19. The molecule has 1 heterocycles. The summed E-state index contributed by atoms with van der Waals surface area (Å²) in [6.07, 6.45) is 1.20. The van der Waals surface area contributed by atoms with Gasteiger partial charge in [-0.25, -0.2) is 4.98 Å². The molecule has 2 rings (SSSR count). The van der Waals surface area contributed by atoms with Gasteiger partial charge in [0, 0.05) is 6.20 Å². The van der Waals surface area contributed by atoms with Crippen molar-refractivity contribution in [1.29, 1.82) is 0 Å². The molecule has 1 N–H and O–H groups in total. The molecule has 0 amide bonds. The molecule has 1 aromatic carbocycles. The highest BCUT2D eigenvalue weighted by atomic mass is 32.1. The highest BCUT2D eigenvalue weighted by Crippen LogP contribution is 2.28. The monoisotopic (exact) mass is 233 g/mol. The summed E-state index contributed by atoms with van der Waals surface area (Å²) in [5, 5.41) is 11.2. The Kier molecular flexibility index (Phi) is 3.08. The van der Waals surface area contributed by atoms with E-state index in [-0.39, 0.29) is 0 Å². The lowest BCUT2D eigenvalue weighted by molar-refractivity contribution is 0.223. The van der Waals surface area contributed by atoms with Gasteiger partial charge in [-0.05, 0) is 31.9 Å². The molecule has 0 bridgehead atoms. The van der Waals surface area contributed by atoms with Crippen LogP contribution in [0.25, 0.3) is 0 Å². The first-order valence-corrected chi connectivity index (χ1v) is 6.07. The first kappa shape index (κ1) is 11.3. The van der Waals surface area contributed by atoms with Crippen LogP contribution in [0.3, 0.4) is 0 Å². The Morgan fingerprint density at radius 3 is 2.56 bits per heavy atom. The van der Waals surface area contributed by atoms with Gasteiger partial charge in [0.05, 0.1) is 9.88 Å². The number of aromatic nitrogens is 1. The van der Waals surface area contributed by atoms with E-state index in [1.807, 2.05) is 26.0 Å². The van der Waals surface area contributed by atoms with E-state index in [1.54, 1.807) is 17.5 Å². The van der Waals surface area contributed by atoms with Crippen molar-refractivity contribution in [2.45, 2.75) is 26.9 Å². The molecule has 0 aliphatic heterocycles. The largest absolute Gasteiger partial charge is 0.383 e. The molecule has 1 unspecified atom stereocenters. The predicted octanol–water partition coefficient (Wildman–Crippen LogP) is 3.15. The zero-order valence-corrected chi connectivity index (χ0v) is 10.5. The van der Waals surface area contributed by atoms with E-state index in [2.05, 4.69) is 18.0 Å². The fourth-order valence-electron chi connectivity index (χ4n) is 1.79. The van der Waals surface area contributed by atoms with E-state index >= 15 is 0 Å². The van der Waals surface area contributed by atoms with Crippen LogP contribution in [-0.4, -0.2) is 10.1 Å². The minimum atomic E-state index is -0.549. The maximum Gasteiger partial charge on any atom is 0.115 e. The number of hydrogen-bond donors (Lipinski definition) is 1. The lowest BCUT2D eigenvalue weighted by Crippen LogP contribution is -2.00. The molecule has 0 spiro atoms. The van der Waals surface area contributed by atoms with E-state index in [0.717, 1.165) is 21.0 Å². The minimum absolute atomic E-state index is 0.549. The second-order valence-corrected chi connectivity index (χ2v) is 5.31. The van der Waals surface area contributed by atoms with E-state index in [0.29, 0.717) is 0 Å². The smallest absolute Gasteiger partial charge is 0.115 e. The van der Waals surface area contributed by atoms with Gasteiger partial charge >= 0.3 is 0 Å². The molecule has 2 nitrogen and oxygen atoms in total. The number of benzene rings is 1. The summed E-state index contributed by atoms with van der Waals surface area (Å²) < 4.78 is 0. The molecule has 2 aromatic rings. The molecule has 16 heavy (non-hydrogen) atoms. The van der Waals surface area contributed by atoms with Gasteiger partial charge in [0.2, 0.25) is 0 Å². The molecule has 0 fully saturated rings. The van der Waals surface area contributed by atoms with Crippen LogP contribution in [0.1, 0.15) is 32.7 Å². The third kappa shape index (κ3) is 2.15. The molecule has 3 heteroatoms. The maximum atomic E-state index is 10.2. The van der Waals surface area contributed by atoms with Crippen molar-refractivity contribution in [2.75, 3.05) is 0 Å². The van der Waals surface area contributed by atoms with Crippen LogP contribution in [0.2, 0.25) is 0 Å². The Morgan fingerprint density at radius 2 is 2.00 bits per heavy atom. The molecule has 0 saturated heterocycles. The van der Waals surface area contributed by atoms with Gasteiger partial charge in [0.25, 0.3) is 0 Å². The lowest BCUT2D eigenvalue weighted by atomic mass is 10.0. The Bertz CT molecular complexity index is 504. The summed E-state index contributed by atoms with van der Waals surface area (Å²) in [6, 6.07) is 6.11. The van der Waals surface area contributed by atoms with Crippen molar-refractivity contribution < 1.29 is 5.11 Å². The number of aryl methyl sites for hydroxylation is 3. The first-order valence-electron chi connectivity index (χ1n) is 5.25. The maximum absolute atomic E-state index is 10.2. The summed E-state index contributed by atoms with van der Waals surface area (Å²) in [5.74, 6) is 0. The van der Waals surface area contributed by atoms with Crippen LogP contribution >= 0.6 is 11.3 Å². The zero-order valence-electron chi connectivity index (χ0n) is 9.69. The van der Waals surface area contributed by atoms with Crippen LogP contribution in [-0.2, 0) is 0 Å². The van der Waals surface area contributed by atoms with Crippen LogP contribution in [0.15, 0.2) is 24.4 Å². The second kappa shape index (κ2) is 4.36. The number of aliphatic hydroxyl groups is 1. The first-order chi connectivity index (χ1) is 7.58. The Balaban J connectivity index is 2.37. The van der Waals surface area contributed by atoms with Crippen molar-refractivity contribution in [2.24, 2.45) is 0 Å². The van der Waals surface area contributed by atoms with Crippen LogP contribution in [0.4, 0.5) is 0 Å². The summed E-state index contributed by atoms with van der Waals surface area (Å²) in [7, 11) is 0. The minimum Gasteiger partial charge on any atom is -0.383 e. The number of thiazole rings is 1. The van der Waals surface area contributed by atoms with Gasteiger partial charge in [0.1, 0.15) is 6.10 Å². The number of aliphatic hydroxyl groups excluding tert-OH is 1. The van der Waals surface area contributed by atoms with Crippen molar-refractivity contribution in [3.8, 4) is 0 Å². The quantitative estimate of drug-likeness (QED) is 0.864. The van der Waals surface area contributed by atoms with Crippen molar-refractivity contribution in [1.82, 2.24) is 4.98 Å². The van der Waals surface area contributed by atoms with Gasteiger partial charge in [-0.2, -0.15) is 0 Å². The summed E-state index contributed by atoms with van der Waals surface area (Å²) in [5.41, 5.74) is 3.31. The van der Waals surface area contributed by atoms with E-state index in [4.69, 9.17) is 0 Å². The van der Waals surface area contributed by atoms with Crippen molar-refractivity contribution in [3.05, 3.63) is 51.0 Å². The zero-order chi connectivity index (χ0) is 11.7. The molecule has 1 atom stereocenters. The number of rotatable bonds is 2. The fourth-order valence-corrected chi connectivity index (χ4v) is 2.58. The normalized spacial score (nSPS) is 12.8. The fraction of sp³-hybridized carbons (Fsp3) is 0.308. The van der Waals surface area contributed by atoms with E-state index < -0.39 is 6.10 Å². The van der Waals surface area contributed by atoms with Crippen LogP contribution in [0.5, 0.6) is 0 Å². The molecule has 0 aliphatic carbocycles. The van der Waals surface area contributed by atoms with E-state index in [1.165, 1.54) is 5.56 Å². The number of hydrogen-bond acceptors (Lipinski definition) is 3. The van der Waals surface area contributed by atoms with Gasteiger partial charge in [0.15, 0.2) is 0 Å². The highest BCUT2D eigenvalue weighted by Gasteiger charge is 2.15. The molecular weight excluding hydrogens is 218 g/mol. The lowest BCUT2D eigenvalue weighted by Gasteiger charge is -2.12. The predicted molar refractivity (Wildman–Crippen MR) is 66.8 cm³/mol. The number of nitrogens with zero attached hydrogens (tertiary/aromatic N) is 1. The van der Waals surface area contributed by atoms with Crippen molar-refractivity contribution >= 4 is 11.3 Å². The SMILES string of the molecule is Cc1ccc(C(O)c2cnc(C)s2)c(C)c1. The molecular formula is C13H15NOS. The van der Waals surface area contributed by atoms with E-state index in [9.17, 15) is 5.11 Å². The average molecular weight is 233 g/mol. The highest BCUT2D eigenvalue weighted by molar-refractivity contribution is 7.11. The Morgan fingerprint density at radius 1 is 1.25 bits per heavy atom. The summed E-state index contributed by atoms with van der Waals surface area (Å²) in [6.45, 7) is 6.03. The van der Waals surface area contributed by atoms with Gasteiger partial charge in [-0.15, -0.1) is 11.3 Å². The second-order valence-electron chi connectivity index (χ2n) is 4.04. The van der Waals surface area contributed by atoms with Gasteiger partial charge in [-0.1, -0.05) is 23.8 Å². The molecule has 0 radical (unpaired) electrons. The molecule has 84 valence electrons. The Labute approximate surface area is 99.6 Å². The van der Waals surface area contributed by atoms with Crippen LogP contribution < -0.4 is 0 Å². The van der Waals surface area contributed by atoms with Crippen LogP contribution in [0, 0.1) is 20.8 Å². The third-order valence-electron chi connectivity index (χ3n) is 2.63. The average Bonchev–Trinajstić information content (AvgIpc) is 2.64.